The lowest BCUT2D eigenvalue weighted by molar-refractivity contribution is -0.385. The zero-order valence-corrected chi connectivity index (χ0v) is 12.5. The summed E-state index contributed by atoms with van der Waals surface area (Å²) in [6, 6.07) is 3.78. The molecule has 8 heteroatoms. The number of aryl methyl sites for hydroxylation is 1. The third kappa shape index (κ3) is 3.07. The lowest BCUT2D eigenvalue weighted by Crippen LogP contribution is -2.45. The van der Waals surface area contributed by atoms with Gasteiger partial charge in [-0.05, 0) is 25.8 Å². The molecule has 116 valence electrons. The van der Waals surface area contributed by atoms with Crippen LogP contribution < -0.4 is 0 Å². The van der Waals surface area contributed by atoms with Gasteiger partial charge >= 0.3 is 0 Å². The van der Waals surface area contributed by atoms with Gasteiger partial charge in [0.1, 0.15) is 0 Å². The van der Waals surface area contributed by atoms with Crippen molar-refractivity contribution in [2.45, 2.75) is 37.1 Å². The Labute approximate surface area is 123 Å². The molecule has 0 radical (unpaired) electrons. The minimum Gasteiger partial charge on any atom is -0.395 e. The van der Waals surface area contributed by atoms with Crippen molar-refractivity contribution in [3.05, 3.63) is 33.9 Å². The molecule has 0 unspecified atom stereocenters. The van der Waals surface area contributed by atoms with Crippen molar-refractivity contribution in [1.29, 1.82) is 0 Å². The summed E-state index contributed by atoms with van der Waals surface area (Å²) in [6.45, 7) is 1.30. The van der Waals surface area contributed by atoms with Gasteiger partial charge in [-0.3, -0.25) is 10.1 Å². The lowest BCUT2D eigenvalue weighted by Gasteiger charge is -2.36. The summed E-state index contributed by atoms with van der Waals surface area (Å²) in [5.41, 5.74) is 0.199. The number of nitrogens with zero attached hydrogens (tertiary/aromatic N) is 2. The minimum atomic E-state index is -3.83. The van der Waals surface area contributed by atoms with Crippen molar-refractivity contribution >= 4 is 15.7 Å². The molecular weight excluding hydrogens is 296 g/mol. The van der Waals surface area contributed by atoms with E-state index in [4.69, 9.17) is 5.11 Å². The first-order valence-electron chi connectivity index (χ1n) is 6.75. The number of nitro benzene ring substituents is 1. The zero-order valence-electron chi connectivity index (χ0n) is 11.7. The van der Waals surface area contributed by atoms with Crippen LogP contribution in [0, 0.1) is 17.0 Å². The number of hydrogen-bond acceptors (Lipinski definition) is 5. The van der Waals surface area contributed by atoms with Gasteiger partial charge in [0.05, 0.1) is 16.4 Å². The molecule has 0 atom stereocenters. The highest BCUT2D eigenvalue weighted by Gasteiger charge is 2.35. The Kier molecular flexibility index (Phi) is 4.60. The van der Waals surface area contributed by atoms with Gasteiger partial charge in [-0.15, -0.1) is 0 Å². The summed E-state index contributed by atoms with van der Waals surface area (Å²) in [6.07, 6.45) is 2.47. The van der Waals surface area contributed by atoms with Gasteiger partial charge in [0.2, 0.25) is 10.0 Å². The molecule has 1 aliphatic rings. The van der Waals surface area contributed by atoms with E-state index in [9.17, 15) is 18.5 Å². The Morgan fingerprint density at radius 3 is 2.57 bits per heavy atom. The molecule has 1 aromatic rings. The van der Waals surface area contributed by atoms with Crippen LogP contribution in [0.3, 0.4) is 0 Å². The quantitative estimate of drug-likeness (QED) is 0.632. The summed E-state index contributed by atoms with van der Waals surface area (Å²) in [5.74, 6) is 0. The average molecular weight is 314 g/mol. The Morgan fingerprint density at radius 2 is 2.10 bits per heavy atom. The number of rotatable bonds is 6. The summed E-state index contributed by atoms with van der Waals surface area (Å²) in [4.78, 5) is 10.3. The van der Waals surface area contributed by atoms with Gasteiger partial charge in [-0.2, -0.15) is 4.31 Å². The second kappa shape index (κ2) is 6.08. The van der Waals surface area contributed by atoms with Crippen LogP contribution in [-0.2, 0) is 10.0 Å². The van der Waals surface area contributed by atoms with E-state index in [1.807, 2.05) is 0 Å². The molecular formula is C13H18N2O5S. The SMILES string of the molecule is Cc1ccc(S(=O)(=O)N(CCO)C2CCC2)cc1[N+](=O)[O-]. The molecule has 21 heavy (non-hydrogen) atoms. The van der Waals surface area contributed by atoms with E-state index in [0.29, 0.717) is 5.56 Å². The number of hydrogen-bond donors (Lipinski definition) is 1. The highest BCUT2D eigenvalue weighted by atomic mass is 32.2. The smallest absolute Gasteiger partial charge is 0.273 e. The zero-order chi connectivity index (χ0) is 15.6. The predicted molar refractivity (Wildman–Crippen MR) is 76.5 cm³/mol. The highest BCUT2D eigenvalue weighted by Crippen LogP contribution is 2.31. The van der Waals surface area contributed by atoms with Gasteiger partial charge in [0.15, 0.2) is 0 Å². The lowest BCUT2D eigenvalue weighted by atomic mass is 9.93. The number of nitro groups is 1. The van der Waals surface area contributed by atoms with Gasteiger partial charge in [-0.25, -0.2) is 8.42 Å². The van der Waals surface area contributed by atoms with Crippen LogP contribution in [-0.4, -0.2) is 41.9 Å². The van der Waals surface area contributed by atoms with Crippen LogP contribution in [0.15, 0.2) is 23.1 Å². The van der Waals surface area contributed by atoms with Crippen LogP contribution in [0.2, 0.25) is 0 Å². The molecule has 1 fully saturated rings. The third-order valence-electron chi connectivity index (χ3n) is 3.79. The number of sulfonamides is 1. The van der Waals surface area contributed by atoms with Crippen LogP contribution in [0.1, 0.15) is 24.8 Å². The Bertz CT molecular complexity index is 640. The van der Waals surface area contributed by atoms with Gasteiger partial charge in [0, 0.05) is 24.2 Å². The summed E-state index contributed by atoms with van der Waals surface area (Å²) in [7, 11) is -3.83. The molecule has 2 rings (SSSR count). The maximum Gasteiger partial charge on any atom is 0.273 e. The maximum absolute atomic E-state index is 12.6. The maximum atomic E-state index is 12.6. The molecule has 0 amide bonds. The third-order valence-corrected chi connectivity index (χ3v) is 5.73. The van der Waals surface area contributed by atoms with Crippen molar-refractivity contribution in [2.24, 2.45) is 0 Å². The normalized spacial score (nSPS) is 16.0. The summed E-state index contributed by atoms with van der Waals surface area (Å²) < 4.78 is 26.5. The van der Waals surface area contributed by atoms with E-state index in [1.165, 1.54) is 16.4 Å². The molecule has 1 aromatic carbocycles. The van der Waals surface area contributed by atoms with E-state index < -0.39 is 14.9 Å². The molecule has 1 saturated carbocycles. The molecule has 1 N–H and O–H groups in total. The minimum absolute atomic E-state index is 0.00861. The van der Waals surface area contributed by atoms with Crippen molar-refractivity contribution in [3.63, 3.8) is 0 Å². The first-order valence-corrected chi connectivity index (χ1v) is 8.19. The second-order valence-corrected chi connectivity index (χ2v) is 7.02. The van der Waals surface area contributed by atoms with Crippen LogP contribution in [0.4, 0.5) is 5.69 Å². The van der Waals surface area contributed by atoms with Crippen LogP contribution in [0.5, 0.6) is 0 Å². The van der Waals surface area contributed by atoms with E-state index in [0.717, 1.165) is 25.3 Å². The van der Waals surface area contributed by atoms with Crippen LogP contribution >= 0.6 is 0 Å². The Morgan fingerprint density at radius 1 is 1.43 bits per heavy atom. The van der Waals surface area contributed by atoms with E-state index in [1.54, 1.807) is 6.92 Å². The summed E-state index contributed by atoms with van der Waals surface area (Å²) in [5, 5.41) is 20.0. The summed E-state index contributed by atoms with van der Waals surface area (Å²) >= 11 is 0. The average Bonchev–Trinajstić information content (AvgIpc) is 2.36. The van der Waals surface area contributed by atoms with Crippen molar-refractivity contribution in [2.75, 3.05) is 13.2 Å². The molecule has 0 bridgehead atoms. The van der Waals surface area contributed by atoms with Crippen LogP contribution in [0.25, 0.3) is 0 Å². The van der Waals surface area contributed by atoms with E-state index in [-0.39, 0.29) is 29.8 Å². The topological polar surface area (TPSA) is 101 Å². The molecule has 7 nitrogen and oxygen atoms in total. The second-order valence-electron chi connectivity index (χ2n) is 5.13. The van der Waals surface area contributed by atoms with E-state index in [2.05, 4.69) is 0 Å². The van der Waals surface area contributed by atoms with Gasteiger partial charge < -0.3 is 5.11 Å². The van der Waals surface area contributed by atoms with Crippen molar-refractivity contribution in [3.8, 4) is 0 Å². The fourth-order valence-corrected chi connectivity index (χ4v) is 4.05. The largest absolute Gasteiger partial charge is 0.395 e. The molecule has 0 aliphatic heterocycles. The molecule has 0 spiro atoms. The Balaban J connectivity index is 2.41. The first-order chi connectivity index (χ1) is 9.87. The van der Waals surface area contributed by atoms with Crippen molar-refractivity contribution < 1.29 is 18.4 Å². The number of aliphatic hydroxyl groups excluding tert-OH is 1. The highest BCUT2D eigenvalue weighted by molar-refractivity contribution is 7.89. The fraction of sp³-hybridized carbons (Fsp3) is 0.538. The molecule has 0 heterocycles. The number of aliphatic hydroxyl groups is 1. The Hall–Kier alpha value is -1.51. The first kappa shape index (κ1) is 15.9. The monoisotopic (exact) mass is 314 g/mol. The molecule has 1 aliphatic carbocycles. The van der Waals surface area contributed by atoms with E-state index >= 15 is 0 Å². The fourth-order valence-electron chi connectivity index (χ4n) is 2.35. The van der Waals surface area contributed by atoms with Crippen molar-refractivity contribution in [1.82, 2.24) is 4.31 Å². The number of benzene rings is 1. The standard InChI is InChI=1S/C13H18N2O5S/c1-10-5-6-12(9-13(10)15(17)18)21(19,20)14(7-8-16)11-3-2-4-11/h5-6,9,11,16H,2-4,7-8H2,1H3. The molecule has 0 saturated heterocycles. The predicted octanol–water partition coefficient (Wildman–Crippen LogP) is 1.44. The van der Waals surface area contributed by atoms with Gasteiger partial charge in [0.25, 0.3) is 5.69 Å². The van der Waals surface area contributed by atoms with Gasteiger partial charge in [-0.1, -0.05) is 12.5 Å². The molecule has 0 aromatic heterocycles.